The molecule has 0 spiro atoms. The molecule has 0 saturated heterocycles. The number of rotatable bonds is 5. The summed E-state index contributed by atoms with van der Waals surface area (Å²) in [6, 6.07) is 16.1. The predicted octanol–water partition coefficient (Wildman–Crippen LogP) is 4.90. The Morgan fingerprint density at radius 3 is 2.31 bits per heavy atom. The van der Waals surface area contributed by atoms with Gasteiger partial charge in [0.05, 0.1) is 19.6 Å². The van der Waals surface area contributed by atoms with Crippen LogP contribution in [0.4, 0.5) is 10.1 Å². The molecule has 0 radical (unpaired) electrons. The molecule has 146 valence electrons. The first-order valence-corrected chi connectivity index (χ1v) is 8.77. The number of hydrogen-bond acceptors (Lipinski definition) is 5. The van der Waals surface area contributed by atoms with Gasteiger partial charge < -0.3 is 19.3 Å². The Labute approximate surface area is 165 Å². The standard InChI is InChI=1S/C22H17FN2O4/c1-27-17-10-16(11-18(12-17)28-2)24-22(26)14-5-8-20-19(9-14)21(29-25-20)13-3-6-15(23)7-4-13/h3-12H,1-2H3,(H,24,26). The number of carbonyl (C=O) groups is 1. The molecule has 1 N–H and O–H groups in total. The summed E-state index contributed by atoms with van der Waals surface area (Å²) in [6.45, 7) is 0. The van der Waals surface area contributed by atoms with Crippen LogP contribution in [-0.2, 0) is 0 Å². The lowest BCUT2D eigenvalue weighted by molar-refractivity contribution is 0.102. The molecule has 3 aromatic carbocycles. The fourth-order valence-electron chi connectivity index (χ4n) is 2.98. The Morgan fingerprint density at radius 1 is 0.966 bits per heavy atom. The molecule has 1 heterocycles. The summed E-state index contributed by atoms with van der Waals surface area (Å²) in [7, 11) is 3.08. The van der Waals surface area contributed by atoms with Crippen molar-refractivity contribution in [2.24, 2.45) is 0 Å². The summed E-state index contributed by atoms with van der Waals surface area (Å²) in [6.07, 6.45) is 0. The van der Waals surface area contributed by atoms with Crippen LogP contribution in [0.2, 0.25) is 0 Å². The number of ether oxygens (including phenoxy) is 2. The molecule has 4 aromatic rings. The average molecular weight is 392 g/mol. The molecule has 0 aliphatic rings. The fraction of sp³-hybridized carbons (Fsp3) is 0.0909. The molecule has 1 amide bonds. The van der Waals surface area contributed by atoms with Crippen molar-refractivity contribution in [3.63, 3.8) is 0 Å². The number of methoxy groups -OCH3 is 2. The second-order valence-electron chi connectivity index (χ2n) is 6.31. The summed E-state index contributed by atoms with van der Waals surface area (Å²) in [5, 5.41) is 7.51. The van der Waals surface area contributed by atoms with Gasteiger partial charge in [0, 0.05) is 35.0 Å². The molecule has 6 nitrogen and oxygen atoms in total. The van der Waals surface area contributed by atoms with Gasteiger partial charge in [0.25, 0.3) is 5.91 Å². The van der Waals surface area contributed by atoms with E-state index in [0.29, 0.717) is 45.0 Å². The molecule has 0 aliphatic heterocycles. The summed E-state index contributed by atoms with van der Waals surface area (Å²) < 4.78 is 29.1. The third-order valence-electron chi connectivity index (χ3n) is 4.45. The van der Waals surface area contributed by atoms with Crippen LogP contribution < -0.4 is 14.8 Å². The number of fused-ring (bicyclic) bond motifs is 1. The maximum atomic E-state index is 13.2. The van der Waals surface area contributed by atoms with E-state index in [1.165, 1.54) is 26.4 Å². The number of halogens is 1. The smallest absolute Gasteiger partial charge is 0.255 e. The quantitative estimate of drug-likeness (QED) is 0.523. The van der Waals surface area contributed by atoms with Crippen molar-refractivity contribution in [2.45, 2.75) is 0 Å². The van der Waals surface area contributed by atoms with Gasteiger partial charge in [-0.1, -0.05) is 5.16 Å². The monoisotopic (exact) mass is 392 g/mol. The van der Waals surface area contributed by atoms with E-state index in [-0.39, 0.29) is 11.7 Å². The van der Waals surface area contributed by atoms with Crippen molar-refractivity contribution in [3.8, 4) is 22.8 Å². The topological polar surface area (TPSA) is 73.6 Å². The van der Waals surface area contributed by atoms with E-state index >= 15 is 0 Å². The van der Waals surface area contributed by atoms with Crippen LogP contribution in [0.1, 0.15) is 10.4 Å². The van der Waals surface area contributed by atoms with Crippen molar-refractivity contribution in [3.05, 3.63) is 72.0 Å². The molecular formula is C22H17FN2O4. The molecule has 0 aliphatic carbocycles. The lowest BCUT2D eigenvalue weighted by atomic mass is 10.1. The maximum Gasteiger partial charge on any atom is 0.255 e. The Kier molecular flexibility index (Phi) is 4.87. The van der Waals surface area contributed by atoms with Crippen molar-refractivity contribution >= 4 is 22.5 Å². The van der Waals surface area contributed by atoms with Gasteiger partial charge in [-0.2, -0.15) is 0 Å². The number of aromatic nitrogens is 1. The van der Waals surface area contributed by atoms with Crippen molar-refractivity contribution in [2.75, 3.05) is 19.5 Å². The second kappa shape index (κ2) is 7.63. The lowest BCUT2D eigenvalue weighted by Crippen LogP contribution is -2.12. The third kappa shape index (κ3) is 3.75. The van der Waals surface area contributed by atoms with E-state index in [4.69, 9.17) is 14.0 Å². The van der Waals surface area contributed by atoms with E-state index in [0.717, 1.165) is 0 Å². The fourth-order valence-corrected chi connectivity index (χ4v) is 2.98. The van der Waals surface area contributed by atoms with Gasteiger partial charge in [-0.3, -0.25) is 4.79 Å². The highest BCUT2D eigenvalue weighted by atomic mass is 19.1. The minimum absolute atomic E-state index is 0.312. The second-order valence-corrected chi connectivity index (χ2v) is 6.31. The van der Waals surface area contributed by atoms with E-state index in [9.17, 15) is 9.18 Å². The largest absolute Gasteiger partial charge is 0.497 e. The van der Waals surface area contributed by atoms with Crippen LogP contribution in [-0.4, -0.2) is 25.3 Å². The Balaban J connectivity index is 1.66. The summed E-state index contributed by atoms with van der Waals surface area (Å²) in [5.41, 5.74) is 2.23. The zero-order chi connectivity index (χ0) is 20.4. The third-order valence-corrected chi connectivity index (χ3v) is 4.45. The van der Waals surface area contributed by atoms with E-state index in [2.05, 4.69) is 10.5 Å². The van der Waals surface area contributed by atoms with Gasteiger partial charge in [0.1, 0.15) is 22.8 Å². The molecule has 0 bridgehead atoms. The minimum Gasteiger partial charge on any atom is -0.497 e. The van der Waals surface area contributed by atoms with Crippen LogP contribution >= 0.6 is 0 Å². The van der Waals surface area contributed by atoms with Crippen LogP contribution in [0.15, 0.2) is 65.2 Å². The average Bonchev–Trinajstić information content (AvgIpc) is 3.17. The molecule has 0 saturated carbocycles. The van der Waals surface area contributed by atoms with Gasteiger partial charge in [-0.25, -0.2) is 4.39 Å². The van der Waals surface area contributed by atoms with Gasteiger partial charge in [-0.15, -0.1) is 0 Å². The highest BCUT2D eigenvalue weighted by Crippen LogP contribution is 2.30. The van der Waals surface area contributed by atoms with E-state index in [1.54, 1.807) is 48.5 Å². The van der Waals surface area contributed by atoms with Gasteiger partial charge >= 0.3 is 0 Å². The van der Waals surface area contributed by atoms with Gasteiger partial charge in [-0.05, 0) is 42.5 Å². The number of amides is 1. The highest BCUT2D eigenvalue weighted by molar-refractivity contribution is 6.07. The summed E-state index contributed by atoms with van der Waals surface area (Å²) >= 11 is 0. The molecule has 4 rings (SSSR count). The molecule has 0 atom stereocenters. The number of hydrogen-bond donors (Lipinski definition) is 1. The van der Waals surface area contributed by atoms with E-state index in [1.807, 2.05) is 0 Å². The van der Waals surface area contributed by atoms with Crippen molar-refractivity contribution in [1.29, 1.82) is 0 Å². The van der Waals surface area contributed by atoms with E-state index < -0.39 is 0 Å². The number of nitrogens with one attached hydrogen (secondary N) is 1. The normalized spacial score (nSPS) is 10.7. The predicted molar refractivity (Wildman–Crippen MR) is 107 cm³/mol. The summed E-state index contributed by atoms with van der Waals surface area (Å²) in [5.74, 6) is 0.943. The highest BCUT2D eigenvalue weighted by Gasteiger charge is 2.15. The van der Waals surface area contributed by atoms with Gasteiger partial charge in [0.15, 0.2) is 5.76 Å². The molecule has 7 heteroatoms. The minimum atomic E-state index is -0.341. The molecule has 0 unspecified atom stereocenters. The van der Waals surface area contributed by atoms with Crippen molar-refractivity contribution < 1.29 is 23.2 Å². The first-order valence-electron chi connectivity index (χ1n) is 8.77. The van der Waals surface area contributed by atoms with Crippen LogP contribution in [0.25, 0.3) is 22.2 Å². The van der Waals surface area contributed by atoms with Crippen molar-refractivity contribution in [1.82, 2.24) is 5.16 Å². The summed E-state index contributed by atoms with van der Waals surface area (Å²) in [4.78, 5) is 12.8. The number of benzene rings is 3. The zero-order valence-electron chi connectivity index (χ0n) is 15.7. The Bertz CT molecular complexity index is 1160. The SMILES string of the molecule is COc1cc(NC(=O)c2ccc3noc(-c4ccc(F)cc4)c3c2)cc(OC)c1. The zero-order valence-corrected chi connectivity index (χ0v) is 15.7. The number of anilines is 1. The molecule has 29 heavy (non-hydrogen) atoms. The first kappa shape index (κ1) is 18.5. The number of carbonyl (C=O) groups excluding carboxylic acids is 1. The number of nitrogens with zero attached hydrogens (tertiary/aromatic N) is 1. The maximum absolute atomic E-state index is 13.2. The Hall–Kier alpha value is -3.87. The van der Waals surface area contributed by atoms with Gasteiger partial charge in [0.2, 0.25) is 0 Å². The lowest BCUT2D eigenvalue weighted by Gasteiger charge is -2.10. The molecule has 1 aromatic heterocycles. The van der Waals surface area contributed by atoms with Crippen LogP contribution in [0.3, 0.4) is 0 Å². The Morgan fingerprint density at radius 2 is 1.66 bits per heavy atom. The molecular weight excluding hydrogens is 375 g/mol. The van der Waals surface area contributed by atoms with Crippen LogP contribution in [0.5, 0.6) is 11.5 Å². The molecule has 0 fully saturated rings. The first-order chi connectivity index (χ1) is 14.1. The van der Waals surface area contributed by atoms with Crippen LogP contribution in [0, 0.1) is 5.82 Å².